The van der Waals surface area contributed by atoms with Gasteiger partial charge in [-0.05, 0) is 37.7 Å². The lowest BCUT2D eigenvalue weighted by atomic mass is 9.94. The highest BCUT2D eigenvalue weighted by Crippen LogP contribution is 2.18. The van der Waals surface area contributed by atoms with E-state index in [-0.39, 0.29) is 6.61 Å². The molecule has 102 valence electrons. The lowest BCUT2D eigenvalue weighted by Gasteiger charge is -2.30. The summed E-state index contributed by atoms with van der Waals surface area (Å²) < 4.78 is 0. The molecular weight excluding hydrogens is 226 g/mol. The second-order valence-corrected chi connectivity index (χ2v) is 4.68. The number of rotatable bonds is 8. The first kappa shape index (κ1) is 15.1. The number of likely N-dealkylation sites (N-methyl/N-ethyl adjacent to an activating group) is 1. The van der Waals surface area contributed by atoms with Crippen molar-refractivity contribution in [1.29, 1.82) is 0 Å². The number of aliphatic hydroxyl groups excluding tert-OH is 1. The first-order valence-corrected chi connectivity index (χ1v) is 6.65. The third-order valence-electron chi connectivity index (χ3n) is 3.47. The molecule has 4 heteroatoms. The van der Waals surface area contributed by atoms with Crippen LogP contribution in [0.4, 0.5) is 0 Å². The molecule has 1 aromatic heterocycles. The van der Waals surface area contributed by atoms with Crippen molar-refractivity contribution in [2.24, 2.45) is 0 Å². The molecule has 2 N–H and O–H groups in total. The lowest BCUT2D eigenvalue weighted by molar-refractivity contribution is 0.168. The smallest absolute Gasteiger partial charge is 0.0652 e. The topological polar surface area (TPSA) is 48.4 Å². The fourth-order valence-corrected chi connectivity index (χ4v) is 2.00. The van der Waals surface area contributed by atoms with E-state index in [1.54, 1.807) is 12.4 Å². The maximum atomic E-state index is 9.62. The van der Waals surface area contributed by atoms with E-state index in [0.717, 1.165) is 31.7 Å². The number of nitrogens with zero attached hydrogens (tertiary/aromatic N) is 2. The zero-order valence-corrected chi connectivity index (χ0v) is 11.7. The molecule has 0 aromatic carbocycles. The highest BCUT2D eigenvalue weighted by molar-refractivity contribution is 5.20. The molecule has 0 amide bonds. The Morgan fingerprint density at radius 3 is 2.39 bits per heavy atom. The van der Waals surface area contributed by atoms with Crippen LogP contribution in [0.5, 0.6) is 0 Å². The molecular formula is C14H25N3O. The molecule has 1 aromatic rings. The van der Waals surface area contributed by atoms with Crippen LogP contribution < -0.4 is 5.32 Å². The Hall–Kier alpha value is -0.970. The minimum atomic E-state index is -0.393. The largest absolute Gasteiger partial charge is 0.394 e. The Kier molecular flexibility index (Phi) is 6.25. The third-order valence-corrected chi connectivity index (χ3v) is 3.47. The van der Waals surface area contributed by atoms with Gasteiger partial charge in [0.05, 0.1) is 12.1 Å². The number of hydrogen-bond donors (Lipinski definition) is 2. The molecule has 1 heterocycles. The maximum Gasteiger partial charge on any atom is 0.0652 e. The van der Waals surface area contributed by atoms with E-state index in [9.17, 15) is 5.11 Å². The molecule has 0 fully saturated rings. The van der Waals surface area contributed by atoms with Crippen molar-refractivity contribution in [1.82, 2.24) is 15.2 Å². The van der Waals surface area contributed by atoms with Crippen molar-refractivity contribution < 1.29 is 5.11 Å². The Morgan fingerprint density at radius 1 is 1.28 bits per heavy atom. The first-order valence-electron chi connectivity index (χ1n) is 6.65. The average Bonchev–Trinajstić information content (AvgIpc) is 2.44. The van der Waals surface area contributed by atoms with Gasteiger partial charge in [-0.2, -0.15) is 0 Å². The molecule has 0 aliphatic heterocycles. The van der Waals surface area contributed by atoms with Crippen molar-refractivity contribution in [3.8, 4) is 0 Å². The summed E-state index contributed by atoms with van der Waals surface area (Å²) >= 11 is 0. The predicted octanol–water partition coefficient (Wildman–Crippen LogP) is 1.22. The molecule has 1 unspecified atom stereocenters. The van der Waals surface area contributed by atoms with Crippen LogP contribution in [0.3, 0.4) is 0 Å². The first-order chi connectivity index (χ1) is 8.66. The molecule has 0 aliphatic carbocycles. The molecule has 0 aliphatic rings. The summed E-state index contributed by atoms with van der Waals surface area (Å²) in [5, 5.41) is 13.1. The number of aliphatic hydroxyl groups is 1. The average molecular weight is 251 g/mol. The van der Waals surface area contributed by atoms with Crippen LogP contribution in [0.1, 0.15) is 26.3 Å². The molecule has 4 nitrogen and oxygen atoms in total. The van der Waals surface area contributed by atoms with Crippen molar-refractivity contribution >= 4 is 0 Å². The van der Waals surface area contributed by atoms with E-state index < -0.39 is 5.54 Å². The van der Waals surface area contributed by atoms with Crippen LogP contribution in [-0.2, 0) is 5.54 Å². The van der Waals surface area contributed by atoms with Crippen LogP contribution >= 0.6 is 0 Å². The van der Waals surface area contributed by atoms with E-state index in [0.29, 0.717) is 0 Å². The second kappa shape index (κ2) is 7.46. The Balaban J connectivity index is 2.56. The molecule has 0 bridgehead atoms. The van der Waals surface area contributed by atoms with Gasteiger partial charge in [-0.1, -0.05) is 13.8 Å². The number of aromatic nitrogens is 1. The SMILES string of the molecule is CCN(CC)CCNC(C)(CO)c1ccncc1. The minimum absolute atomic E-state index is 0.0786. The predicted molar refractivity (Wildman–Crippen MR) is 74.5 cm³/mol. The van der Waals surface area contributed by atoms with Gasteiger partial charge < -0.3 is 15.3 Å². The van der Waals surface area contributed by atoms with E-state index in [1.807, 2.05) is 19.1 Å². The van der Waals surface area contributed by atoms with Crippen LogP contribution in [0.15, 0.2) is 24.5 Å². The van der Waals surface area contributed by atoms with Crippen molar-refractivity contribution in [2.45, 2.75) is 26.3 Å². The summed E-state index contributed by atoms with van der Waals surface area (Å²) in [5.41, 5.74) is 0.676. The summed E-state index contributed by atoms with van der Waals surface area (Å²) in [6.45, 7) is 10.4. The molecule has 1 atom stereocenters. The quantitative estimate of drug-likeness (QED) is 0.729. The van der Waals surface area contributed by atoms with Crippen molar-refractivity contribution in [3.05, 3.63) is 30.1 Å². The number of hydrogen-bond acceptors (Lipinski definition) is 4. The summed E-state index contributed by atoms with van der Waals surface area (Å²) in [5.74, 6) is 0. The summed E-state index contributed by atoms with van der Waals surface area (Å²) in [7, 11) is 0. The van der Waals surface area contributed by atoms with E-state index >= 15 is 0 Å². The summed E-state index contributed by atoms with van der Waals surface area (Å²) in [6, 6.07) is 3.89. The highest BCUT2D eigenvalue weighted by Gasteiger charge is 2.24. The maximum absolute atomic E-state index is 9.62. The molecule has 0 spiro atoms. The Morgan fingerprint density at radius 2 is 1.89 bits per heavy atom. The van der Waals surface area contributed by atoms with E-state index in [1.165, 1.54) is 0 Å². The molecule has 18 heavy (non-hydrogen) atoms. The zero-order chi connectivity index (χ0) is 13.4. The normalized spacial score (nSPS) is 14.7. The van der Waals surface area contributed by atoms with Gasteiger partial charge in [0.25, 0.3) is 0 Å². The summed E-state index contributed by atoms with van der Waals surface area (Å²) in [4.78, 5) is 6.37. The van der Waals surface area contributed by atoms with E-state index in [4.69, 9.17) is 0 Å². The fourth-order valence-electron chi connectivity index (χ4n) is 2.00. The van der Waals surface area contributed by atoms with Gasteiger partial charge in [0.1, 0.15) is 0 Å². The fraction of sp³-hybridized carbons (Fsp3) is 0.643. The van der Waals surface area contributed by atoms with Crippen LogP contribution in [-0.4, -0.2) is 47.8 Å². The number of nitrogens with one attached hydrogen (secondary N) is 1. The molecule has 1 rings (SSSR count). The van der Waals surface area contributed by atoms with Crippen LogP contribution in [0, 0.1) is 0 Å². The van der Waals surface area contributed by atoms with Gasteiger partial charge >= 0.3 is 0 Å². The molecule has 0 saturated carbocycles. The monoisotopic (exact) mass is 251 g/mol. The van der Waals surface area contributed by atoms with Crippen LogP contribution in [0.2, 0.25) is 0 Å². The standard InChI is InChI=1S/C14H25N3O/c1-4-17(5-2)11-10-16-14(3,12-18)13-6-8-15-9-7-13/h6-9,16,18H,4-5,10-12H2,1-3H3. The molecule has 0 radical (unpaired) electrons. The van der Waals surface area contributed by atoms with Crippen LogP contribution in [0.25, 0.3) is 0 Å². The summed E-state index contributed by atoms with van der Waals surface area (Å²) in [6.07, 6.45) is 3.52. The van der Waals surface area contributed by atoms with Crippen molar-refractivity contribution in [3.63, 3.8) is 0 Å². The van der Waals surface area contributed by atoms with Crippen molar-refractivity contribution in [2.75, 3.05) is 32.8 Å². The van der Waals surface area contributed by atoms with Gasteiger partial charge in [-0.15, -0.1) is 0 Å². The van der Waals surface area contributed by atoms with Gasteiger partial charge in [0, 0.05) is 25.5 Å². The van der Waals surface area contributed by atoms with Gasteiger partial charge in [0.15, 0.2) is 0 Å². The third kappa shape index (κ3) is 4.05. The molecule has 0 saturated heterocycles. The minimum Gasteiger partial charge on any atom is -0.394 e. The van der Waals surface area contributed by atoms with Gasteiger partial charge in [0.2, 0.25) is 0 Å². The second-order valence-electron chi connectivity index (χ2n) is 4.68. The number of pyridine rings is 1. The Labute approximate surface area is 110 Å². The van der Waals surface area contributed by atoms with Gasteiger partial charge in [-0.25, -0.2) is 0 Å². The zero-order valence-electron chi connectivity index (χ0n) is 11.7. The van der Waals surface area contributed by atoms with E-state index in [2.05, 4.69) is 29.0 Å². The highest BCUT2D eigenvalue weighted by atomic mass is 16.3. The lowest BCUT2D eigenvalue weighted by Crippen LogP contribution is -2.46. The van der Waals surface area contributed by atoms with Gasteiger partial charge in [-0.3, -0.25) is 4.98 Å². The Bertz CT molecular complexity index is 327.